The Morgan fingerprint density at radius 1 is 1.00 bits per heavy atom. The molecular formula is C15H16BrN. The lowest BCUT2D eigenvalue weighted by Gasteiger charge is -2.15. The second-order valence-electron chi connectivity index (χ2n) is 4.24. The molecule has 2 aromatic carbocycles. The van der Waals surface area contributed by atoms with Gasteiger partial charge in [0.2, 0.25) is 0 Å². The third-order valence-electron chi connectivity index (χ3n) is 2.64. The normalized spacial score (nSPS) is 12.1. The Hall–Kier alpha value is -1.28. The lowest BCUT2D eigenvalue weighted by molar-refractivity contribution is 0.790. The van der Waals surface area contributed by atoms with Crippen LogP contribution in [0.4, 0.5) is 5.69 Å². The molecule has 2 aromatic rings. The van der Waals surface area contributed by atoms with Gasteiger partial charge in [-0.25, -0.2) is 0 Å². The SMILES string of the molecule is CC(Cc1ccc(Br)cc1)Nc1ccccc1. The molecule has 0 saturated carbocycles. The van der Waals surface area contributed by atoms with Crippen LogP contribution in [-0.4, -0.2) is 6.04 Å². The predicted octanol–water partition coefficient (Wildman–Crippen LogP) is 4.49. The van der Waals surface area contributed by atoms with E-state index in [0.717, 1.165) is 10.9 Å². The lowest BCUT2D eigenvalue weighted by atomic mass is 10.1. The van der Waals surface area contributed by atoms with Gasteiger partial charge in [-0.1, -0.05) is 46.3 Å². The Bertz CT molecular complexity index is 450. The van der Waals surface area contributed by atoms with E-state index in [2.05, 4.69) is 76.7 Å². The highest BCUT2D eigenvalue weighted by Crippen LogP contribution is 2.14. The van der Waals surface area contributed by atoms with Gasteiger partial charge < -0.3 is 5.32 Å². The maximum Gasteiger partial charge on any atom is 0.0342 e. The van der Waals surface area contributed by atoms with Crippen LogP contribution in [0, 0.1) is 0 Å². The summed E-state index contributed by atoms with van der Waals surface area (Å²) in [6, 6.07) is 19.2. The van der Waals surface area contributed by atoms with Crippen molar-refractivity contribution in [2.45, 2.75) is 19.4 Å². The minimum Gasteiger partial charge on any atom is -0.382 e. The standard InChI is InChI=1S/C15H16BrN/c1-12(17-15-5-3-2-4-6-15)11-13-7-9-14(16)10-8-13/h2-10,12,17H,11H2,1H3. The molecule has 0 aromatic heterocycles. The van der Waals surface area contributed by atoms with Gasteiger partial charge in [0, 0.05) is 16.2 Å². The fourth-order valence-electron chi connectivity index (χ4n) is 1.84. The average molecular weight is 290 g/mol. The quantitative estimate of drug-likeness (QED) is 0.874. The highest BCUT2D eigenvalue weighted by atomic mass is 79.9. The first-order chi connectivity index (χ1) is 8.24. The van der Waals surface area contributed by atoms with Crippen molar-refractivity contribution in [1.82, 2.24) is 0 Å². The molecule has 0 saturated heterocycles. The Kier molecular flexibility index (Phi) is 4.21. The third-order valence-corrected chi connectivity index (χ3v) is 3.17. The van der Waals surface area contributed by atoms with Gasteiger partial charge in [0.25, 0.3) is 0 Å². The van der Waals surface area contributed by atoms with E-state index in [0.29, 0.717) is 6.04 Å². The molecule has 1 nitrogen and oxygen atoms in total. The third kappa shape index (κ3) is 3.90. The number of nitrogens with one attached hydrogen (secondary N) is 1. The van der Waals surface area contributed by atoms with Gasteiger partial charge in [0.05, 0.1) is 0 Å². The van der Waals surface area contributed by atoms with Crippen molar-refractivity contribution in [3.05, 3.63) is 64.6 Å². The molecular weight excluding hydrogens is 274 g/mol. The molecule has 0 amide bonds. The second kappa shape index (κ2) is 5.87. The number of halogens is 1. The summed E-state index contributed by atoms with van der Waals surface area (Å²) in [7, 11) is 0. The molecule has 2 rings (SSSR count). The summed E-state index contributed by atoms with van der Waals surface area (Å²) in [5.74, 6) is 0. The van der Waals surface area contributed by atoms with Crippen LogP contribution in [0.15, 0.2) is 59.1 Å². The van der Waals surface area contributed by atoms with E-state index in [9.17, 15) is 0 Å². The molecule has 0 aliphatic carbocycles. The summed E-state index contributed by atoms with van der Waals surface area (Å²) in [5.41, 5.74) is 2.53. The van der Waals surface area contributed by atoms with E-state index in [1.54, 1.807) is 0 Å². The molecule has 0 fully saturated rings. The van der Waals surface area contributed by atoms with Crippen LogP contribution in [0.3, 0.4) is 0 Å². The van der Waals surface area contributed by atoms with Crippen LogP contribution in [0.2, 0.25) is 0 Å². The molecule has 17 heavy (non-hydrogen) atoms. The number of hydrogen-bond donors (Lipinski definition) is 1. The zero-order valence-corrected chi connectivity index (χ0v) is 11.4. The summed E-state index contributed by atoms with van der Waals surface area (Å²) in [6.07, 6.45) is 1.03. The summed E-state index contributed by atoms with van der Waals surface area (Å²) < 4.78 is 1.13. The Labute approximate surface area is 111 Å². The maximum atomic E-state index is 3.49. The van der Waals surface area contributed by atoms with Gasteiger partial charge >= 0.3 is 0 Å². The smallest absolute Gasteiger partial charge is 0.0342 e. The van der Waals surface area contributed by atoms with E-state index < -0.39 is 0 Å². The molecule has 0 aliphatic rings. The Morgan fingerprint density at radius 2 is 1.65 bits per heavy atom. The van der Waals surface area contributed by atoms with Crippen molar-refractivity contribution in [3.8, 4) is 0 Å². The van der Waals surface area contributed by atoms with Crippen molar-refractivity contribution in [2.75, 3.05) is 5.32 Å². The largest absolute Gasteiger partial charge is 0.382 e. The van der Waals surface area contributed by atoms with Crippen molar-refractivity contribution in [1.29, 1.82) is 0 Å². The molecule has 0 aliphatic heterocycles. The van der Waals surface area contributed by atoms with Gasteiger partial charge in [0.15, 0.2) is 0 Å². The fourth-order valence-corrected chi connectivity index (χ4v) is 2.11. The van der Waals surface area contributed by atoms with Crippen molar-refractivity contribution in [3.63, 3.8) is 0 Å². The number of rotatable bonds is 4. The van der Waals surface area contributed by atoms with Crippen LogP contribution in [-0.2, 0) is 6.42 Å². The zero-order chi connectivity index (χ0) is 12.1. The van der Waals surface area contributed by atoms with Crippen molar-refractivity contribution >= 4 is 21.6 Å². The van der Waals surface area contributed by atoms with Gasteiger partial charge in [-0.3, -0.25) is 0 Å². The van der Waals surface area contributed by atoms with Gasteiger partial charge in [0.1, 0.15) is 0 Å². The topological polar surface area (TPSA) is 12.0 Å². The van der Waals surface area contributed by atoms with Crippen LogP contribution in [0.5, 0.6) is 0 Å². The number of anilines is 1. The van der Waals surface area contributed by atoms with Gasteiger partial charge in [-0.05, 0) is 43.2 Å². The Morgan fingerprint density at radius 3 is 2.29 bits per heavy atom. The fraction of sp³-hybridized carbons (Fsp3) is 0.200. The first kappa shape index (κ1) is 12.2. The maximum absolute atomic E-state index is 3.49. The zero-order valence-electron chi connectivity index (χ0n) is 9.86. The summed E-state index contributed by atoms with van der Waals surface area (Å²) in [4.78, 5) is 0. The van der Waals surface area contributed by atoms with Crippen molar-refractivity contribution in [2.24, 2.45) is 0 Å². The molecule has 0 radical (unpaired) electrons. The first-order valence-corrected chi connectivity index (χ1v) is 6.59. The molecule has 88 valence electrons. The molecule has 1 atom stereocenters. The van der Waals surface area contributed by atoms with Gasteiger partial charge in [-0.2, -0.15) is 0 Å². The lowest BCUT2D eigenvalue weighted by Crippen LogP contribution is -2.17. The molecule has 1 unspecified atom stereocenters. The number of hydrogen-bond acceptors (Lipinski definition) is 1. The number of para-hydroxylation sites is 1. The number of benzene rings is 2. The van der Waals surface area contributed by atoms with Gasteiger partial charge in [-0.15, -0.1) is 0 Å². The minimum absolute atomic E-state index is 0.429. The van der Waals surface area contributed by atoms with Crippen LogP contribution >= 0.6 is 15.9 Å². The van der Waals surface area contributed by atoms with E-state index >= 15 is 0 Å². The van der Waals surface area contributed by atoms with Crippen molar-refractivity contribution < 1.29 is 0 Å². The van der Waals surface area contributed by atoms with E-state index in [1.807, 2.05) is 6.07 Å². The molecule has 0 heterocycles. The Balaban J connectivity index is 1.93. The predicted molar refractivity (Wildman–Crippen MR) is 77.4 cm³/mol. The average Bonchev–Trinajstić information content (AvgIpc) is 2.33. The summed E-state index contributed by atoms with van der Waals surface area (Å²) in [6.45, 7) is 2.20. The molecule has 2 heteroatoms. The first-order valence-electron chi connectivity index (χ1n) is 5.80. The van der Waals surface area contributed by atoms with Crippen LogP contribution in [0.25, 0.3) is 0 Å². The molecule has 0 bridgehead atoms. The highest BCUT2D eigenvalue weighted by molar-refractivity contribution is 9.10. The minimum atomic E-state index is 0.429. The summed E-state index contributed by atoms with van der Waals surface area (Å²) in [5, 5.41) is 3.49. The monoisotopic (exact) mass is 289 g/mol. The van der Waals surface area contributed by atoms with E-state index in [4.69, 9.17) is 0 Å². The second-order valence-corrected chi connectivity index (χ2v) is 5.16. The molecule has 1 N–H and O–H groups in total. The molecule has 0 spiro atoms. The highest BCUT2D eigenvalue weighted by Gasteiger charge is 2.03. The summed E-state index contributed by atoms with van der Waals surface area (Å²) >= 11 is 3.45. The van der Waals surface area contributed by atoms with E-state index in [1.165, 1.54) is 11.3 Å². The van der Waals surface area contributed by atoms with Crippen LogP contribution < -0.4 is 5.32 Å². The van der Waals surface area contributed by atoms with Crippen LogP contribution in [0.1, 0.15) is 12.5 Å². The van der Waals surface area contributed by atoms with E-state index in [-0.39, 0.29) is 0 Å².